The van der Waals surface area contributed by atoms with Crippen molar-refractivity contribution in [1.29, 1.82) is 0 Å². The summed E-state index contributed by atoms with van der Waals surface area (Å²) in [6, 6.07) is -5.62. The molecule has 45 heavy (non-hydrogen) atoms. The number of guanidine groups is 1. The summed E-state index contributed by atoms with van der Waals surface area (Å²) in [7, 11) is 0. The number of aromatic amines is 1. The molecule has 4 amide bonds. The van der Waals surface area contributed by atoms with E-state index in [1.807, 2.05) is 0 Å². The number of imidazole rings is 1. The summed E-state index contributed by atoms with van der Waals surface area (Å²) >= 11 is 0. The standard InChI is InChI=1S/C27H45N9O9/c1-14(2)9-17(36-26(44)45-27(3,4)5)21(39)35-19(11-20(37)38)23(41)34-18(10-15-12-30-13-32-15)22(40)33-16(24(42)43)7-6-8-31-25(28)29/h12-14,16-19H,6-11H2,1-5H3,(H,30,32)(H,33,40)(H,34,41)(H,35,39)(H,36,44)(H,37,38)(H,42,43)(H4,28,29,31). The Balaban J connectivity index is 3.17. The van der Waals surface area contributed by atoms with Crippen molar-refractivity contribution in [3.63, 3.8) is 0 Å². The van der Waals surface area contributed by atoms with Crippen LogP contribution in [0.5, 0.6) is 0 Å². The van der Waals surface area contributed by atoms with E-state index in [9.17, 15) is 39.0 Å². The molecule has 18 heteroatoms. The van der Waals surface area contributed by atoms with Crippen LogP contribution in [0.15, 0.2) is 17.5 Å². The first-order chi connectivity index (χ1) is 20.9. The first kappa shape index (κ1) is 38.1. The highest BCUT2D eigenvalue weighted by atomic mass is 16.6. The van der Waals surface area contributed by atoms with Gasteiger partial charge in [-0.3, -0.25) is 24.2 Å². The smallest absolute Gasteiger partial charge is 0.408 e. The highest BCUT2D eigenvalue weighted by Gasteiger charge is 2.33. The molecule has 0 aliphatic heterocycles. The van der Waals surface area contributed by atoms with Gasteiger partial charge in [-0.05, 0) is 46.0 Å². The normalized spacial score (nSPS) is 13.8. The molecule has 4 unspecified atom stereocenters. The van der Waals surface area contributed by atoms with Gasteiger partial charge < -0.3 is 52.7 Å². The molecule has 0 radical (unpaired) electrons. The van der Waals surface area contributed by atoms with Crippen molar-refractivity contribution in [3.8, 4) is 0 Å². The van der Waals surface area contributed by atoms with Crippen molar-refractivity contribution >= 4 is 41.7 Å². The molecule has 0 aromatic carbocycles. The van der Waals surface area contributed by atoms with Crippen molar-refractivity contribution in [1.82, 2.24) is 31.2 Å². The molecule has 1 heterocycles. The van der Waals surface area contributed by atoms with E-state index in [-0.39, 0.29) is 44.1 Å². The maximum atomic E-state index is 13.3. The van der Waals surface area contributed by atoms with Gasteiger partial charge in [-0.15, -0.1) is 0 Å². The van der Waals surface area contributed by atoms with Crippen LogP contribution in [0.3, 0.4) is 0 Å². The van der Waals surface area contributed by atoms with Crippen LogP contribution in [0.2, 0.25) is 0 Å². The number of aliphatic carboxylic acids is 2. The Labute approximate surface area is 260 Å². The van der Waals surface area contributed by atoms with Crippen LogP contribution in [-0.2, 0) is 35.1 Å². The number of alkyl carbamates (subject to hydrolysis) is 1. The van der Waals surface area contributed by atoms with Crippen LogP contribution in [0, 0.1) is 5.92 Å². The fraction of sp³-hybridized carbons (Fsp3) is 0.630. The molecule has 1 aromatic rings. The average molecular weight is 640 g/mol. The maximum absolute atomic E-state index is 13.3. The van der Waals surface area contributed by atoms with E-state index in [0.29, 0.717) is 5.69 Å². The third-order valence-corrected chi connectivity index (χ3v) is 5.90. The monoisotopic (exact) mass is 639 g/mol. The molecule has 252 valence electrons. The maximum Gasteiger partial charge on any atom is 0.408 e. The van der Waals surface area contributed by atoms with Crippen molar-refractivity contribution < 1.29 is 43.7 Å². The Morgan fingerprint density at radius 2 is 1.51 bits per heavy atom. The van der Waals surface area contributed by atoms with Crippen LogP contribution >= 0.6 is 0 Å². The Morgan fingerprint density at radius 1 is 0.933 bits per heavy atom. The summed E-state index contributed by atoms with van der Waals surface area (Å²) in [4.78, 5) is 86.0. The first-order valence-corrected chi connectivity index (χ1v) is 14.3. The van der Waals surface area contributed by atoms with Gasteiger partial charge in [0, 0.05) is 24.9 Å². The summed E-state index contributed by atoms with van der Waals surface area (Å²) in [5.41, 5.74) is 10.1. The second-order valence-corrected chi connectivity index (χ2v) is 11.7. The minimum absolute atomic E-state index is 0.0395. The van der Waals surface area contributed by atoms with Crippen LogP contribution in [-0.4, -0.2) is 98.2 Å². The summed E-state index contributed by atoms with van der Waals surface area (Å²) < 4.78 is 5.22. The van der Waals surface area contributed by atoms with Gasteiger partial charge in [-0.1, -0.05) is 13.8 Å². The molecule has 11 N–H and O–H groups in total. The predicted octanol–water partition coefficient (Wildman–Crippen LogP) is -1.04. The number of carbonyl (C=O) groups excluding carboxylic acids is 4. The molecule has 0 fully saturated rings. The zero-order valence-corrected chi connectivity index (χ0v) is 26.1. The highest BCUT2D eigenvalue weighted by Crippen LogP contribution is 2.11. The lowest BCUT2D eigenvalue weighted by atomic mass is 10.0. The number of amides is 4. The largest absolute Gasteiger partial charge is 0.481 e. The van der Waals surface area contributed by atoms with Crippen LogP contribution in [0.4, 0.5) is 4.79 Å². The van der Waals surface area contributed by atoms with Gasteiger partial charge >= 0.3 is 18.0 Å². The van der Waals surface area contributed by atoms with Crippen LogP contribution in [0.25, 0.3) is 0 Å². The fourth-order valence-corrected chi connectivity index (χ4v) is 3.94. The van der Waals surface area contributed by atoms with E-state index < -0.39 is 71.9 Å². The lowest BCUT2D eigenvalue weighted by Gasteiger charge is -2.27. The molecular formula is C27H45N9O9. The van der Waals surface area contributed by atoms with E-state index in [4.69, 9.17) is 16.2 Å². The number of nitrogens with two attached hydrogens (primary N) is 2. The molecule has 4 atom stereocenters. The number of H-pyrrole nitrogens is 1. The number of carbonyl (C=O) groups is 6. The Bertz CT molecular complexity index is 1190. The van der Waals surface area contributed by atoms with Crippen molar-refractivity contribution in [2.75, 3.05) is 6.54 Å². The zero-order valence-electron chi connectivity index (χ0n) is 26.1. The van der Waals surface area contributed by atoms with Gasteiger partial charge in [0.05, 0.1) is 12.7 Å². The molecule has 0 saturated heterocycles. The zero-order chi connectivity index (χ0) is 34.3. The summed E-state index contributed by atoms with van der Waals surface area (Å²) in [5.74, 6) is -5.82. The predicted molar refractivity (Wildman–Crippen MR) is 160 cm³/mol. The number of nitrogens with zero attached hydrogens (tertiary/aromatic N) is 2. The van der Waals surface area contributed by atoms with Gasteiger partial charge in [0.1, 0.15) is 29.8 Å². The summed E-state index contributed by atoms with van der Waals surface area (Å²) in [6.45, 7) is 8.62. The number of rotatable bonds is 18. The van der Waals surface area contributed by atoms with Crippen molar-refractivity contribution in [2.45, 2.75) is 96.5 Å². The second kappa shape index (κ2) is 18.0. The number of carboxylic acids is 2. The van der Waals surface area contributed by atoms with Gasteiger partial charge in [0.25, 0.3) is 0 Å². The van der Waals surface area contributed by atoms with Crippen molar-refractivity contribution in [2.24, 2.45) is 22.4 Å². The number of hydrogen-bond donors (Lipinski definition) is 9. The van der Waals surface area contributed by atoms with Gasteiger partial charge in [0.2, 0.25) is 17.7 Å². The topological polar surface area (TPSA) is 293 Å². The van der Waals surface area contributed by atoms with E-state index in [2.05, 4.69) is 36.2 Å². The molecule has 0 spiro atoms. The molecule has 0 saturated carbocycles. The number of carboxylic acid groups (broad SMARTS) is 2. The van der Waals surface area contributed by atoms with E-state index >= 15 is 0 Å². The molecular weight excluding hydrogens is 594 g/mol. The fourth-order valence-electron chi connectivity index (χ4n) is 3.94. The van der Waals surface area contributed by atoms with E-state index in [1.165, 1.54) is 12.5 Å². The lowest BCUT2D eigenvalue weighted by molar-refractivity contribution is -0.143. The molecule has 1 aromatic heterocycles. The summed E-state index contributed by atoms with van der Waals surface area (Å²) in [5, 5.41) is 28.6. The Kier molecular flexibility index (Phi) is 15.3. The van der Waals surface area contributed by atoms with Crippen LogP contribution in [0.1, 0.15) is 66.0 Å². The lowest BCUT2D eigenvalue weighted by Crippen LogP contribution is -2.58. The number of hydrogen-bond acceptors (Lipinski definition) is 9. The van der Waals surface area contributed by atoms with Gasteiger partial charge in [-0.25, -0.2) is 14.6 Å². The van der Waals surface area contributed by atoms with Crippen molar-refractivity contribution in [3.05, 3.63) is 18.2 Å². The quantitative estimate of drug-likeness (QED) is 0.0529. The minimum atomic E-state index is -1.67. The van der Waals surface area contributed by atoms with Gasteiger partial charge in [0.15, 0.2) is 5.96 Å². The first-order valence-electron chi connectivity index (χ1n) is 14.3. The minimum Gasteiger partial charge on any atom is -0.481 e. The third-order valence-electron chi connectivity index (χ3n) is 5.90. The third kappa shape index (κ3) is 15.9. The van der Waals surface area contributed by atoms with Crippen LogP contribution < -0.4 is 32.7 Å². The number of ether oxygens (including phenoxy) is 1. The Hall–Kier alpha value is -4.90. The number of nitrogens with one attached hydrogen (secondary N) is 5. The Morgan fingerprint density at radius 3 is 2.02 bits per heavy atom. The highest BCUT2D eigenvalue weighted by molar-refractivity contribution is 5.96. The molecule has 0 aliphatic rings. The SMILES string of the molecule is CC(C)CC(NC(=O)OC(C)(C)C)C(=O)NC(CC(=O)O)C(=O)NC(Cc1cnc[nH]1)C(=O)NC(CCCN=C(N)N)C(=O)O. The van der Waals surface area contributed by atoms with E-state index in [1.54, 1.807) is 34.6 Å². The molecule has 18 nitrogen and oxygen atoms in total. The number of aliphatic imine (C=N–C) groups is 1. The second-order valence-electron chi connectivity index (χ2n) is 11.7. The molecule has 1 rings (SSSR count). The molecule has 0 bridgehead atoms. The molecule has 0 aliphatic carbocycles. The van der Waals surface area contributed by atoms with Gasteiger partial charge in [-0.2, -0.15) is 0 Å². The average Bonchev–Trinajstić information content (AvgIpc) is 3.40. The number of aromatic nitrogens is 2. The summed E-state index contributed by atoms with van der Waals surface area (Å²) in [6.07, 6.45) is 1.10. The van der Waals surface area contributed by atoms with E-state index in [0.717, 1.165) is 0 Å².